The number of carbonyl (C=O) groups is 1. The first-order valence-corrected chi connectivity index (χ1v) is 6.18. The lowest BCUT2D eigenvalue weighted by atomic mass is 9.89. The van der Waals surface area contributed by atoms with E-state index >= 15 is 0 Å². The summed E-state index contributed by atoms with van der Waals surface area (Å²) in [6.45, 7) is 0. The van der Waals surface area contributed by atoms with Gasteiger partial charge in [0.25, 0.3) is 0 Å². The van der Waals surface area contributed by atoms with Crippen LogP contribution in [0.5, 0.6) is 0 Å². The molecule has 1 heterocycles. The summed E-state index contributed by atoms with van der Waals surface area (Å²) in [4.78, 5) is 10.5. The molecule has 4 heteroatoms. The van der Waals surface area contributed by atoms with Gasteiger partial charge in [-0.3, -0.25) is 0 Å². The van der Waals surface area contributed by atoms with Crippen molar-refractivity contribution in [2.45, 2.75) is 5.25 Å². The highest BCUT2D eigenvalue weighted by atomic mass is 32.2. The van der Waals surface area contributed by atoms with Crippen LogP contribution in [0.3, 0.4) is 0 Å². The minimum absolute atomic E-state index is 0.226. The van der Waals surface area contributed by atoms with E-state index in [4.69, 9.17) is 9.84 Å². The number of allylic oxidation sites excluding steroid dienone is 2. The molecular weight excluding hydrogens is 236 g/mol. The molecule has 1 aliphatic heterocycles. The van der Waals surface area contributed by atoms with Crippen LogP contribution in [-0.4, -0.2) is 11.3 Å². The molecule has 1 aromatic rings. The van der Waals surface area contributed by atoms with Gasteiger partial charge in [-0.15, -0.1) is 0 Å². The third-order valence-electron chi connectivity index (χ3n) is 2.91. The molecule has 3 nitrogen and oxygen atoms in total. The van der Waals surface area contributed by atoms with E-state index in [0.717, 1.165) is 0 Å². The predicted octanol–water partition coefficient (Wildman–Crippen LogP) is 3.65. The fourth-order valence-corrected chi connectivity index (χ4v) is 3.47. The van der Waals surface area contributed by atoms with Crippen molar-refractivity contribution in [3.8, 4) is 0 Å². The van der Waals surface area contributed by atoms with Crippen molar-refractivity contribution in [1.82, 2.24) is 0 Å². The average Bonchev–Trinajstić information content (AvgIpc) is 2.70. The fourth-order valence-electron chi connectivity index (χ4n) is 2.20. The summed E-state index contributed by atoms with van der Waals surface area (Å²) < 4.78 is 4.72. The fraction of sp³-hybridized carbons (Fsp3) is 0.154. The second kappa shape index (κ2) is 3.96. The SMILES string of the molecule is O=C(O)OC1=CC2C=Cc3ccccc3C2S1. The molecule has 2 unspecified atom stereocenters. The van der Waals surface area contributed by atoms with Gasteiger partial charge in [0.1, 0.15) is 0 Å². The largest absolute Gasteiger partial charge is 0.511 e. The van der Waals surface area contributed by atoms with Crippen LogP contribution in [0, 0.1) is 5.92 Å². The number of ether oxygens (including phenoxy) is 1. The molecule has 1 aromatic carbocycles. The number of fused-ring (bicyclic) bond motifs is 3. The van der Waals surface area contributed by atoms with Crippen molar-refractivity contribution in [2.24, 2.45) is 5.92 Å². The molecule has 17 heavy (non-hydrogen) atoms. The number of carboxylic acid groups (broad SMARTS) is 1. The Hall–Kier alpha value is -1.68. The van der Waals surface area contributed by atoms with Crippen LogP contribution in [-0.2, 0) is 4.74 Å². The van der Waals surface area contributed by atoms with Gasteiger partial charge in [0.05, 0.1) is 0 Å². The molecule has 0 radical (unpaired) electrons. The summed E-state index contributed by atoms with van der Waals surface area (Å²) in [5, 5.41) is 9.33. The van der Waals surface area contributed by atoms with Gasteiger partial charge in [-0.1, -0.05) is 48.2 Å². The summed E-state index contributed by atoms with van der Waals surface area (Å²) in [6, 6.07) is 8.16. The Bertz CT molecular complexity index is 533. The maximum absolute atomic E-state index is 10.5. The highest BCUT2D eigenvalue weighted by Crippen LogP contribution is 2.51. The lowest BCUT2D eigenvalue weighted by molar-refractivity contribution is 0.125. The third kappa shape index (κ3) is 1.85. The second-order valence-corrected chi connectivity index (χ2v) is 5.10. The normalized spacial score (nSPS) is 24.8. The van der Waals surface area contributed by atoms with Gasteiger partial charge in [-0.25, -0.2) is 4.79 Å². The number of hydrogen-bond acceptors (Lipinski definition) is 3. The first-order valence-electron chi connectivity index (χ1n) is 5.30. The van der Waals surface area contributed by atoms with E-state index in [0.29, 0.717) is 5.09 Å². The minimum atomic E-state index is -1.25. The molecule has 0 saturated heterocycles. The van der Waals surface area contributed by atoms with Gasteiger partial charge in [-0.2, -0.15) is 0 Å². The predicted molar refractivity (Wildman–Crippen MR) is 66.5 cm³/mol. The number of hydrogen-bond donors (Lipinski definition) is 1. The second-order valence-electron chi connectivity index (χ2n) is 3.96. The van der Waals surface area contributed by atoms with E-state index < -0.39 is 6.16 Å². The topological polar surface area (TPSA) is 46.5 Å². The molecule has 0 aromatic heterocycles. The minimum Gasteiger partial charge on any atom is -0.449 e. The molecule has 86 valence electrons. The van der Waals surface area contributed by atoms with Gasteiger partial charge in [0.2, 0.25) is 0 Å². The molecule has 0 spiro atoms. The molecule has 2 aliphatic rings. The van der Waals surface area contributed by atoms with Gasteiger partial charge in [-0.05, 0) is 17.2 Å². The van der Waals surface area contributed by atoms with Crippen LogP contribution in [0.2, 0.25) is 0 Å². The Morgan fingerprint density at radius 2 is 2.18 bits per heavy atom. The smallest absolute Gasteiger partial charge is 0.449 e. The Labute approximate surface area is 103 Å². The number of rotatable bonds is 1. The van der Waals surface area contributed by atoms with E-state index in [1.807, 2.05) is 18.2 Å². The van der Waals surface area contributed by atoms with E-state index in [1.54, 1.807) is 0 Å². The zero-order chi connectivity index (χ0) is 11.8. The van der Waals surface area contributed by atoms with Crippen LogP contribution >= 0.6 is 11.8 Å². The standard InChI is InChI=1S/C13H10O3S/c14-13(15)16-11-7-9-6-5-8-3-1-2-4-10(8)12(9)17-11/h1-7,9,12H,(H,14,15). The summed E-state index contributed by atoms with van der Waals surface area (Å²) in [7, 11) is 0. The highest BCUT2D eigenvalue weighted by Gasteiger charge is 2.33. The van der Waals surface area contributed by atoms with E-state index in [1.165, 1.54) is 22.9 Å². The van der Waals surface area contributed by atoms with Crippen LogP contribution < -0.4 is 0 Å². The van der Waals surface area contributed by atoms with Crippen molar-refractivity contribution in [2.75, 3.05) is 0 Å². The van der Waals surface area contributed by atoms with Crippen LogP contribution in [0.4, 0.5) is 4.79 Å². The van der Waals surface area contributed by atoms with E-state index in [-0.39, 0.29) is 11.2 Å². The van der Waals surface area contributed by atoms with Crippen LogP contribution in [0.1, 0.15) is 16.4 Å². The molecular formula is C13H10O3S. The first kappa shape index (κ1) is 10.5. The molecule has 0 saturated carbocycles. The molecule has 2 atom stereocenters. The molecule has 3 rings (SSSR count). The average molecular weight is 246 g/mol. The third-order valence-corrected chi connectivity index (χ3v) is 4.18. The lowest BCUT2D eigenvalue weighted by Crippen LogP contribution is -2.06. The van der Waals surface area contributed by atoms with Crippen molar-refractivity contribution in [3.05, 3.63) is 52.6 Å². The van der Waals surface area contributed by atoms with Gasteiger partial charge >= 0.3 is 6.16 Å². The molecule has 0 fully saturated rings. The Morgan fingerprint density at radius 3 is 3.00 bits per heavy atom. The van der Waals surface area contributed by atoms with Crippen LogP contribution in [0.15, 0.2) is 41.5 Å². The molecule has 0 amide bonds. The Morgan fingerprint density at radius 1 is 1.35 bits per heavy atom. The molecule has 0 bridgehead atoms. The highest BCUT2D eigenvalue weighted by molar-refractivity contribution is 8.03. The number of thioether (sulfide) groups is 1. The molecule has 1 aliphatic carbocycles. The van der Waals surface area contributed by atoms with Crippen molar-refractivity contribution < 1.29 is 14.6 Å². The van der Waals surface area contributed by atoms with Crippen molar-refractivity contribution in [3.63, 3.8) is 0 Å². The van der Waals surface area contributed by atoms with Crippen molar-refractivity contribution in [1.29, 1.82) is 0 Å². The maximum Gasteiger partial charge on any atom is 0.511 e. The first-order chi connectivity index (χ1) is 8.24. The van der Waals surface area contributed by atoms with Crippen LogP contribution in [0.25, 0.3) is 6.08 Å². The van der Waals surface area contributed by atoms with E-state index in [2.05, 4.69) is 24.3 Å². The summed E-state index contributed by atoms with van der Waals surface area (Å²) in [6.07, 6.45) is 4.80. The maximum atomic E-state index is 10.5. The monoisotopic (exact) mass is 246 g/mol. The van der Waals surface area contributed by atoms with E-state index in [9.17, 15) is 4.79 Å². The zero-order valence-electron chi connectivity index (χ0n) is 8.87. The lowest BCUT2D eigenvalue weighted by Gasteiger charge is -2.22. The summed E-state index contributed by atoms with van der Waals surface area (Å²) in [5.74, 6) is 0.226. The van der Waals surface area contributed by atoms with Gasteiger partial charge < -0.3 is 9.84 Å². The van der Waals surface area contributed by atoms with Crippen molar-refractivity contribution >= 4 is 24.0 Å². The number of benzene rings is 1. The molecule has 1 N–H and O–H groups in total. The van der Waals surface area contributed by atoms with Gasteiger partial charge in [0.15, 0.2) is 5.09 Å². The Balaban J connectivity index is 1.90. The quantitative estimate of drug-likeness (QED) is 0.768. The summed E-state index contributed by atoms with van der Waals surface area (Å²) >= 11 is 1.47. The van der Waals surface area contributed by atoms with Gasteiger partial charge in [0, 0.05) is 11.2 Å². The zero-order valence-corrected chi connectivity index (χ0v) is 9.68. The summed E-state index contributed by atoms with van der Waals surface area (Å²) in [5.41, 5.74) is 2.44. The Kier molecular flexibility index (Phi) is 2.44.